The van der Waals surface area contributed by atoms with Gasteiger partial charge in [-0.05, 0) is 0 Å². The first-order valence-electron chi connectivity index (χ1n) is 1.94. The van der Waals surface area contributed by atoms with Gasteiger partial charge < -0.3 is 4.52 Å². The molecule has 1 aromatic heterocycles. The second-order valence-electron chi connectivity index (χ2n) is 1.14. The molecule has 7 heavy (non-hydrogen) atoms. The highest BCUT2D eigenvalue weighted by Gasteiger charge is 1.87. The Hall–Kier alpha value is -0.440. The van der Waals surface area contributed by atoms with E-state index in [9.17, 15) is 0 Å². The van der Waals surface area contributed by atoms with Crippen molar-refractivity contribution in [1.82, 2.24) is 5.16 Å². The minimum Gasteiger partial charge on any atom is -0.361 e. The Morgan fingerprint density at radius 1 is 1.86 bits per heavy atom. The van der Waals surface area contributed by atoms with E-state index in [1.54, 1.807) is 12.3 Å². The average molecular weight is 115 g/mol. The molecule has 0 aliphatic rings. The molecule has 0 radical (unpaired) electrons. The van der Waals surface area contributed by atoms with Gasteiger partial charge in [0.1, 0.15) is 5.76 Å². The van der Waals surface area contributed by atoms with Crippen molar-refractivity contribution in [1.29, 1.82) is 0 Å². The van der Waals surface area contributed by atoms with Gasteiger partial charge in [-0.1, -0.05) is 5.16 Å². The maximum absolute atomic E-state index is 4.66. The summed E-state index contributed by atoms with van der Waals surface area (Å²) in [5, 5.41) is 3.47. The summed E-state index contributed by atoms with van der Waals surface area (Å²) in [7, 11) is 0. The van der Waals surface area contributed by atoms with Crippen LogP contribution in [0.1, 0.15) is 5.76 Å². The molecule has 0 saturated carbocycles. The van der Waals surface area contributed by atoms with Crippen LogP contribution in [-0.2, 0) is 5.75 Å². The lowest BCUT2D eigenvalue weighted by molar-refractivity contribution is 0.395. The molecular weight excluding hydrogens is 110 g/mol. The van der Waals surface area contributed by atoms with E-state index >= 15 is 0 Å². The lowest BCUT2D eigenvalue weighted by Gasteiger charge is -1.76. The molecule has 0 aliphatic heterocycles. The number of hydrogen-bond donors (Lipinski definition) is 1. The summed E-state index contributed by atoms with van der Waals surface area (Å²) < 4.78 is 4.66. The largest absolute Gasteiger partial charge is 0.361 e. The molecule has 1 heterocycles. The third-order valence-electron chi connectivity index (χ3n) is 0.647. The zero-order valence-corrected chi connectivity index (χ0v) is 4.56. The number of thiol groups is 1. The predicted molar refractivity (Wildman–Crippen MR) is 29.2 cm³/mol. The van der Waals surface area contributed by atoms with Crippen molar-refractivity contribution in [2.24, 2.45) is 0 Å². The predicted octanol–water partition coefficient (Wildman–Crippen LogP) is 1.10. The van der Waals surface area contributed by atoms with Gasteiger partial charge in [0.2, 0.25) is 0 Å². The SMILES string of the molecule is SCc1ccno1. The minimum atomic E-state index is 0.625. The van der Waals surface area contributed by atoms with Crippen LogP contribution in [0, 0.1) is 0 Å². The molecule has 0 spiro atoms. The van der Waals surface area contributed by atoms with Crippen molar-refractivity contribution in [3.63, 3.8) is 0 Å². The normalized spacial score (nSPS) is 9.29. The summed E-state index contributed by atoms with van der Waals surface area (Å²) in [6, 6.07) is 1.78. The van der Waals surface area contributed by atoms with E-state index in [-0.39, 0.29) is 0 Å². The Kier molecular flexibility index (Phi) is 1.36. The average Bonchev–Trinajstić information content (AvgIpc) is 2.14. The van der Waals surface area contributed by atoms with Gasteiger partial charge >= 0.3 is 0 Å². The van der Waals surface area contributed by atoms with Crippen molar-refractivity contribution in [3.05, 3.63) is 18.0 Å². The second-order valence-corrected chi connectivity index (χ2v) is 1.45. The molecule has 0 aromatic carbocycles. The third kappa shape index (κ3) is 0.962. The molecule has 2 nitrogen and oxygen atoms in total. The lowest BCUT2D eigenvalue weighted by atomic mass is 10.5. The van der Waals surface area contributed by atoms with Crippen LogP contribution in [0.2, 0.25) is 0 Å². The van der Waals surface area contributed by atoms with Crippen LogP contribution in [0.3, 0.4) is 0 Å². The monoisotopic (exact) mass is 115 g/mol. The molecule has 0 N–H and O–H groups in total. The minimum absolute atomic E-state index is 0.625. The molecule has 0 aliphatic carbocycles. The van der Waals surface area contributed by atoms with E-state index in [1.165, 1.54) is 0 Å². The molecule has 0 atom stereocenters. The molecule has 0 saturated heterocycles. The summed E-state index contributed by atoms with van der Waals surface area (Å²) in [5.41, 5.74) is 0. The summed E-state index contributed by atoms with van der Waals surface area (Å²) in [6.45, 7) is 0. The van der Waals surface area contributed by atoms with Crippen LogP contribution in [0.25, 0.3) is 0 Å². The highest BCUT2D eigenvalue weighted by Crippen LogP contribution is 1.98. The van der Waals surface area contributed by atoms with Crippen LogP contribution >= 0.6 is 12.6 Å². The van der Waals surface area contributed by atoms with Crippen LogP contribution < -0.4 is 0 Å². The highest BCUT2D eigenvalue weighted by atomic mass is 32.1. The molecule has 1 rings (SSSR count). The van der Waals surface area contributed by atoms with E-state index in [1.807, 2.05) is 0 Å². The van der Waals surface area contributed by atoms with E-state index in [2.05, 4.69) is 22.3 Å². The molecular formula is C4H5NOS. The van der Waals surface area contributed by atoms with Crippen molar-refractivity contribution >= 4 is 12.6 Å². The number of hydrogen-bond acceptors (Lipinski definition) is 3. The molecule has 0 bridgehead atoms. The molecule has 0 amide bonds. The number of rotatable bonds is 1. The topological polar surface area (TPSA) is 26.0 Å². The van der Waals surface area contributed by atoms with Crippen molar-refractivity contribution in [2.45, 2.75) is 5.75 Å². The van der Waals surface area contributed by atoms with Gasteiger partial charge in [-0.15, -0.1) is 0 Å². The Morgan fingerprint density at radius 3 is 3.00 bits per heavy atom. The maximum Gasteiger partial charge on any atom is 0.146 e. The van der Waals surface area contributed by atoms with Crippen molar-refractivity contribution < 1.29 is 4.52 Å². The van der Waals surface area contributed by atoms with Gasteiger partial charge in [-0.2, -0.15) is 12.6 Å². The maximum atomic E-state index is 4.66. The molecule has 0 fully saturated rings. The standard InChI is InChI=1S/C4H5NOS/c7-3-4-1-2-5-6-4/h1-2,7H,3H2. The highest BCUT2D eigenvalue weighted by molar-refractivity contribution is 7.79. The van der Waals surface area contributed by atoms with E-state index in [0.29, 0.717) is 5.75 Å². The Morgan fingerprint density at radius 2 is 2.71 bits per heavy atom. The molecule has 1 aromatic rings. The van der Waals surface area contributed by atoms with Crippen LogP contribution in [-0.4, -0.2) is 5.16 Å². The molecule has 0 unspecified atom stereocenters. The fraction of sp³-hybridized carbons (Fsp3) is 0.250. The first-order valence-corrected chi connectivity index (χ1v) is 2.57. The zero-order valence-electron chi connectivity index (χ0n) is 3.66. The fourth-order valence-electron chi connectivity index (χ4n) is 0.324. The van der Waals surface area contributed by atoms with E-state index < -0.39 is 0 Å². The van der Waals surface area contributed by atoms with Crippen LogP contribution in [0.15, 0.2) is 16.8 Å². The van der Waals surface area contributed by atoms with E-state index in [0.717, 1.165) is 5.76 Å². The quantitative estimate of drug-likeness (QED) is 0.555. The van der Waals surface area contributed by atoms with Crippen molar-refractivity contribution in [2.75, 3.05) is 0 Å². The fourth-order valence-corrected chi connectivity index (χ4v) is 0.487. The first-order chi connectivity index (χ1) is 3.43. The van der Waals surface area contributed by atoms with Crippen molar-refractivity contribution in [3.8, 4) is 0 Å². The summed E-state index contributed by atoms with van der Waals surface area (Å²) in [6.07, 6.45) is 1.60. The zero-order chi connectivity index (χ0) is 5.11. The number of aromatic nitrogens is 1. The van der Waals surface area contributed by atoms with Gasteiger partial charge in [0, 0.05) is 6.07 Å². The van der Waals surface area contributed by atoms with Gasteiger partial charge in [-0.3, -0.25) is 0 Å². The number of nitrogens with zero attached hydrogens (tertiary/aromatic N) is 1. The Bertz CT molecular complexity index is 126. The third-order valence-corrected chi connectivity index (χ3v) is 0.959. The first kappa shape index (κ1) is 4.71. The van der Waals surface area contributed by atoms with Crippen LogP contribution in [0.4, 0.5) is 0 Å². The molecule has 3 heteroatoms. The molecule has 38 valence electrons. The van der Waals surface area contributed by atoms with Gasteiger partial charge in [-0.25, -0.2) is 0 Å². The van der Waals surface area contributed by atoms with Crippen LogP contribution in [0.5, 0.6) is 0 Å². The summed E-state index contributed by atoms with van der Waals surface area (Å²) in [4.78, 5) is 0. The smallest absolute Gasteiger partial charge is 0.146 e. The summed E-state index contributed by atoms with van der Waals surface area (Å²) >= 11 is 3.94. The Balaban J connectivity index is 2.76. The Labute approximate surface area is 46.9 Å². The lowest BCUT2D eigenvalue weighted by Crippen LogP contribution is -1.63. The van der Waals surface area contributed by atoms with Gasteiger partial charge in [0.05, 0.1) is 11.9 Å². The van der Waals surface area contributed by atoms with Gasteiger partial charge in [0.25, 0.3) is 0 Å². The summed E-state index contributed by atoms with van der Waals surface area (Å²) in [5.74, 6) is 1.43. The van der Waals surface area contributed by atoms with E-state index in [4.69, 9.17) is 0 Å². The van der Waals surface area contributed by atoms with Gasteiger partial charge in [0.15, 0.2) is 0 Å². The second kappa shape index (κ2) is 2.02.